The lowest BCUT2D eigenvalue weighted by Crippen LogP contribution is -2.02. The van der Waals surface area contributed by atoms with Crippen molar-refractivity contribution in [1.82, 2.24) is 0 Å². The monoisotopic (exact) mass is 178 g/mol. The van der Waals surface area contributed by atoms with E-state index in [1.54, 1.807) is 0 Å². The summed E-state index contributed by atoms with van der Waals surface area (Å²) in [5, 5.41) is 0. The molecule has 0 spiro atoms. The molecule has 0 rings (SSSR count). The number of rotatable bonds is 6. The van der Waals surface area contributed by atoms with Crippen LogP contribution in [0.4, 0.5) is 0 Å². The predicted molar refractivity (Wildman–Crippen MR) is 61.8 cm³/mol. The molecule has 0 nitrogen and oxygen atoms in total. The number of hydrogen-bond acceptors (Lipinski definition) is 0. The van der Waals surface area contributed by atoms with Crippen LogP contribution in [0.2, 0.25) is 0 Å². The van der Waals surface area contributed by atoms with E-state index in [1.165, 1.54) is 16.7 Å². The minimum atomic E-state index is 0.592. The molecule has 0 aliphatic heterocycles. The van der Waals surface area contributed by atoms with E-state index in [0.29, 0.717) is 5.92 Å². The maximum atomic E-state index is 4.02. The van der Waals surface area contributed by atoms with E-state index in [2.05, 4.69) is 40.5 Å². The number of allylic oxidation sites excluding steroid dienone is 3. The zero-order chi connectivity index (χ0) is 10.4. The van der Waals surface area contributed by atoms with Crippen LogP contribution in [-0.2, 0) is 0 Å². The van der Waals surface area contributed by atoms with Gasteiger partial charge in [0.1, 0.15) is 0 Å². The van der Waals surface area contributed by atoms with E-state index in [0.717, 1.165) is 19.3 Å². The van der Waals surface area contributed by atoms with Crippen LogP contribution >= 0.6 is 0 Å². The molecule has 0 bridgehead atoms. The average molecular weight is 178 g/mol. The first-order valence-corrected chi connectivity index (χ1v) is 4.87. The summed E-state index contributed by atoms with van der Waals surface area (Å²) in [4.78, 5) is 0. The average Bonchev–Trinajstić information content (AvgIpc) is 1.96. The highest BCUT2D eigenvalue weighted by molar-refractivity contribution is 5.04. The topological polar surface area (TPSA) is 0 Å². The van der Waals surface area contributed by atoms with Gasteiger partial charge in [-0.2, -0.15) is 0 Å². The zero-order valence-electron chi connectivity index (χ0n) is 9.32. The Morgan fingerprint density at radius 2 is 1.54 bits per heavy atom. The molecule has 13 heavy (non-hydrogen) atoms. The van der Waals surface area contributed by atoms with Crippen molar-refractivity contribution in [3.05, 3.63) is 36.5 Å². The van der Waals surface area contributed by atoms with Gasteiger partial charge in [0.05, 0.1) is 0 Å². The van der Waals surface area contributed by atoms with Crippen molar-refractivity contribution in [1.29, 1.82) is 0 Å². The zero-order valence-corrected chi connectivity index (χ0v) is 9.32. The maximum absolute atomic E-state index is 4.02. The summed E-state index contributed by atoms with van der Waals surface area (Å²) in [7, 11) is 0. The van der Waals surface area contributed by atoms with E-state index in [-0.39, 0.29) is 0 Å². The van der Waals surface area contributed by atoms with Gasteiger partial charge in [-0.25, -0.2) is 0 Å². The van der Waals surface area contributed by atoms with Crippen LogP contribution in [0.1, 0.15) is 40.0 Å². The highest BCUT2D eigenvalue weighted by Gasteiger charge is 2.09. The van der Waals surface area contributed by atoms with Gasteiger partial charge in [0.15, 0.2) is 0 Å². The standard InChI is InChI=1S/C13H22/c1-10(2)7-8-13(12(5)6)9-11(3)4/h13H,1,3,5,7-9H2,2,4,6H3. The van der Waals surface area contributed by atoms with Gasteiger partial charge in [-0.1, -0.05) is 23.3 Å². The van der Waals surface area contributed by atoms with Crippen molar-refractivity contribution in [2.24, 2.45) is 5.92 Å². The molecule has 0 saturated heterocycles. The SMILES string of the molecule is C=C(C)CCC(CC(=C)C)C(=C)C. The summed E-state index contributed by atoms with van der Waals surface area (Å²) in [6.07, 6.45) is 3.34. The van der Waals surface area contributed by atoms with Crippen LogP contribution < -0.4 is 0 Å². The Labute approximate surface area is 83.0 Å². The molecule has 1 atom stereocenters. The van der Waals surface area contributed by atoms with Gasteiger partial charge in [0.25, 0.3) is 0 Å². The minimum Gasteiger partial charge on any atom is -0.100 e. The van der Waals surface area contributed by atoms with Gasteiger partial charge in [-0.05, 0) is 46.0 Å². The Hall–Kier alpha value is -0.780. The van der Waals surface area contributed by atoms with Crippen LogP contribution in [0, 0.1) is 5.92 Å². The van der Waals surface area contributed by atoms with E-state index in [1.807, 2.05) is 0 Å². The number of hydrogen-bond donors (Lipinski definition) is 0. The van der Waals surface area contributed by atoms with Crippen LogP contribution in [0.5, 0.6) is 0 Å². The van der Waals surface area contributed by atoms with E-state index < -0.39 is 0 Å². The molecule has 0 amide bonds. The highest BCUT2D eigenvalue weighted by atomic mass is 14.1. The first-order valence-electron chi connectivity index (χ1n) is 4.87. The third-order valence-electron chi connectivity index (χ3n) is 2.21. The van der Waals surface area contributed by atoms with E-state index in [4.69, 9.17) is 0 Å². The molecule has 0 aromatic heterocycles. The van der Waals surface area contributed by atoms with Gasteiger partial charge in [0, 0.05) is 0 Å². The maximum Gasteiger partial charge on any atom is -0.0169 e. The molecule has 0 heterocycles. The van der Waals surface area contributed by atoms with Crippen LogP contribution in [0.15, 0.2) is 36.5 Å². The first kappa shape index (κ1) is 12.2. The smallest absolute Gasteiger partial charge is 0.0169 e. The quantitative estimate of drug-likeness (QED) is 0.525. The molecule has 74 valence electrons. The Balaban J connectivity index is 4.02. The molecule has 0 N–H and O–H groups in total. The summed E-state index contributed by atoms with van der Waals surface area (Å²) in [5.74, 6) is 0.592. The van der Waals surface area contributed by atoms with Crippen molar-refractivity contribution < 1.29 is 0 Å². The molecular formula is C13H22. The molecule has 0 aliphatic carbocycles. The Morgan fingerprint density at radius 3 is 1.85 bits per heavy atom. The Morgan fingerprint density at radius 1 is 1.00 bits per heavy atom. The van der Waals surface area contributed by atoms with Gasteiger partial charge >= 0.3 is 0 Å². The van der Waals surface area contributed by atoms with E-state index >= 15 is 0 Å². The van der Waals surface area contributed by atoms with Crippen LogP contribution in [0.3, 0.4) is 0 Å². The van der Waals surface area contributed by atoms with Crippen molar-refractivity contribution >= 4 is 0 Å². The van der Waals surface area contributed by atoms with Gasteiger partial charge in [-0.3, -0.25) is 0 Å². The molecule has 0 radical (unpaired) electrons. The molecule has 0 fully saturated rings. The summed E-state index contributed by atoms with van der Waals surface area (Å²) in [6.45, 7) is 18.1. The fraction of sp³-hybridized carbons (Fsp3) is 0.538. The second kappa shape index (κ2) is 5.80. The fourth-order valence-electron chi connectivity index (χ4n) is 1.36. The lowest BCUT2D eigenvalue weighted by Gasteiger charge is -2.16. The van der Waals surface area contributed by atoms with Gasteiger partial charge < -0.3 is 0 Å². The largest absolute Gasteiger partial charge is 0.100 e. The van der Waals surface area contributed by atoms with Crippen molar-refractivity contribution in [2.45, 2.75) is 40.0 Å². The molecule has 0 aromatic carbocycles. The Kier molecular flexibility index (Phi) is 5.45. The second-order valence-corrected chi connectivity index (χ2v) is 4.20. The van der Waals surface area contributed by atoms with Crippen molar-refractivity contribution in [3.63, 3.8) is 0 Å². The molecule has 0 aliphatic rings. The molecule has 0 saturated carbocycles. The third kappa shape index (κ3) is 6.39. The summed E-state index contributed by atoms with van der Waals surface area (Å²) in [5.41, 5.74) is 3.77. The van der Waals surface area contributed by atoms with Crippen LogP contribution in [0.25, 0.3) is 0 Å². The lowest BCUT2D eigenvalue weighted by molar-refractivity contribution is 0.555. The van der Waals surface area contributed by atoms with Crippen molar-refractivity contribution in [3.8, 4) is 0 Å². The van der Waals surface area contributed by atoms with Gasteiger partial charge in [0.2, 0.25) is 0 Å². The molecule has 1 unspecified atom stereocenters. The highest BCUT2D eigenvalue weighted by Crippen LogP contribution is 2.24. The van der Waals surface area contributed by atoms with E-state index in [9.17, 15) is 0 Å². The fourth-order valence-corrected chi connectivity index (χ4v) is 1.36. The minimum absolute atomic E-state index is 0.592. The molecule has 0 aromatic rings. The van der Waals surface area contributed by atoms with Crippen LogP contribution in [-0.4, -0.2) is 0 Å². The summed E-state index contributed by atoms with van der Waals surface area (Å²) < 4.78 is 0. The lowest BCUT2D eigenvalue weighted by atomic mass is 9.89. The second-order valence-electron chi connectivity index (χ2n) is 4.20. The van der Waals surface area contributed by atoms with Crippen molar-refractivity contribution in [2.75, 3.05) is 0 Å². The first-order chi connectivity index (χ1) is 5.93. The molecular weight excluding hydrogens is 156 g/mol. The Bertz CT molecular complexity index is 208. The predicted octanol–water partition coefficient (Wildman–Crippen LogP) is 4.50. The molecule has 0 heteroatoms. The normalized spacial score (nSPS) is 12.2. The van der Waals surface area contributed by atoms with Gasteiger partial charge in [-0.15, -0.1) is 13.2 Å². The summed E-state index contributed by atoms with van der Waals surface area (Å²) in [6, 6.07) is 0. The third-order valence-corrected chi connectivity index (χ3v) is 2.21. The summed E-state index contributed by atoms with van der Waals surface area (Å²) >= 11 is 0.